The summed E-state index contributed by atoms with van der Waals surface area (Å²) in [5.74, 6) is 0.280. The number of ketones is 1. The molecule has 1 aromatic rings. The molecule has 0 amide bonds. The number of hydrogen-bond acceptors (Lipinski definition) is 2. The summed E-state index contributed by atoms with van der Waals surface area (Å²) in [7, 11) is 0. The SMILES string of the molecule is CCCC(=O)c1ccc2c(c1)CCNCC2. The van der Waals surface area contributed by atoms with Crippen molar-refractivity contribution in [3.05, 3.63) is 34.9 Å². The minimum atomic E-state index is 0.280. The van der Waals surface area contributed by atoms with E-state index in [-0.39, 0.29) is 5.78 Å². The highest BCUT2D eigenvalue weighted by atomic mass is 16.1. The second kappa shape index (κ2) is 5.26. The molecule has 0 aliphatic carbocycles. The molecular formula is C14H19NO. The van der Waals surface area contributed by atoms with Gasteiger partial charge >= 0.3 is 0 Å². The first-order valence-corrected chi connectivity index (χ1v) is 6.17. The first kappa shape index (κ1) is 11.3. The summed E-state index contributed by atoms with van der Waals surface area (Å²) in [6, 6.07) is 6.22. The van der Waals surface area contributed by atoms with Crippen LogP contribution < -0.4 is 5.32 Å². The molecule has 2 nitrogen and oxygen atoms in total. The molecule has 2 heteroatoms. The van der Waals surface area contributed by atoms with Gasteiger partial charge < -0.3 is 5.32 Å². The maximum atomic E-state index is 11.8. The van der Waals surface area contributed by atoms with Crippen LogP contribution in [-0.4, -0.2) is 18.9 Å². The molecular weight excluding hydrogens is 198 g/mol. The highest BCUT2D eigenvalue weighted by molar-refractivity contribution is 5.96. The summed E-state index contributed by atoms with van der Waals surface area (Å²) >= 11 is 0. The van der Waals surface area contributed by atoms with Gasteiger partial charge in [0.25, 0.3) is 0 Å². The largest absolute Gasteiger partial charge is 0.316 e. The third-order valence-corrected chi connectivity index (χ3v) is 3.15. The molecule has 0 saturated carbocycles. The Balaban J connectivity index is 2.23. The van der Waals surface area contributed by atoms with Gasteiger partial charge in [-0.2, -0.15) is 0 Å². The van der Waals surface area contributed by atoms with Crippen LogP contribution in [0.15, 0.2) is 18.2 Å². The smallest absolute Gasteiger partial charge is 0.162 e. The number of rotatable bonds is 3. The maximum absolute atomic E-state index is 11.8. The van der Waals surface area contributed by atoms with E-state index in [2.05, 4.69) is 17.4 Å². The lowest BCUT2D eigenvalue weighted by atomic mass is 9.97. The van der Waals surface area contributed by atoms with E-state index >= 15 is 0 Å². The average Bonchev–Trinajstić information content (AvgIpc) is 2.53. The monoisotopic (exact) mass is 217 g/mol. The van der Waals surface area contributed by atoms with E-state index in [1.807, 2.05) is 13.0 Å². The van der Waals surface area contributed by atoms with Crippen molar-refractivity contribution in [1.82, 2.24) is 5.32 Å². The fraction of sp³-hybridized carbons (Fsp3) is 0.500. The Morgan fingerprint density at radius 1 is 1.25 bits per heavy atom. The number of nitrogens with one attached hydrogen (secondary N) is 1. The average molecular weight is 217 g/mol. The van der Waals surface area contributed by atoms with Crippen LogP contribution >= 0.6 is 0 Å². The third-order valence-electron chi connectivity index (χ3n) is 3.15. The van der Waals surface area contributed by atoms with Crippen LogP contribution in [0.1, 0.15) is 41.3 Å². The van der Waals surface area contributed by atoms with Gasteiger partial charge in [0.1, 0.15) is 0 Å². The molecule has 1 N–H and O–H groups in total. The predicted octanol–water partition coefficient (Wildman–Crippen LogP) is 2.36. The molecule has 0 fully saturated rings. The van der Waals surface area contributed by atoms with E-state index in [0.29, 0.717) is 6.42 Å². The summed E-state index contributed by atoms with van der Waals surface area (Å²) in [5.41, 5.74) is 3.65. The van der Waals surface area contributed by atoms with Crippen molar-refractivity contribution in [2.24, 2.45) is 0 Å². The zero-order chi connectivity index (χ0) is 11.4. The number of Topliss-reactive ketones (excluding diaryl/α,β-unsaturated/α-hetero) is 1. The number of carbonyl (C=O) groups excluding carboxylic acids is 1. The molecule has 86 valence electrons. The van der Waals surface area contributed by atoms with Crippen molar-refractivity contribution < 1.29 is 4.79 Å². The Kier molecular flexibility index (Phi) is 3.73. The topological polar surface area (TPSA) is 29.1 Å². The number of benzene rings is 1. The highest BCUT2D eigenvalue weighted by Gasteiger charge is 2.10. The lowest BCUT2D eigenvalue weighted by molar-refractivity contribution is 0.0981. The summed E-state index contributed by atoms with van der Waals surface area (Å²) < 4.78 is 0. The summed E-state index contributed by atoms with van der Waals surface area (Å²) in [6.07, 6.45) is 3.72. The van der Waals surface area contributed by atoms with Gasteiger partial charge in [0, 0.05) is 12.0 Å². The first-order valence-electron chi connectivity index (χ1n) is 6.17. The molecule has 1 aliphatic rings. The van der Waals surface area contributed by atoms with Crippen LogP contribution in [-0.2, 0) is 12.8 Å². The molecule has 16 heavy (non-hydrogen) atoms. The zero-order valence-electron chi connectivity index (χ0n) is 9.88. The van der Waals surface area contributed by atoms with E-state index in [0.717, 1.165) is 37.9 Å². The standard InChI is InChI=1S/C14H19NO/c1-2-3-14(16)13-5-4-11-6-8-15-9-7-12(11)10-13/h4-5,10,15H,2-3,6-9H2,1H3. The van der Waals surface area contributed by atoms with Crippen molar-refractivity contribution >= 4 is 5.78 Å². The summed E-state index contributed by atoms with van der Waals surface area (Å²) in [4.78, 5) is 11.8. The van der Waals surface area contributed by atoms with Gasteiger partial charge in [-0.25, -0.2) is 0 Å². The van der Waals surface area contributed by atoms with Gasteiger partial charge in [-0.15, -0.1) is 0 Å². The van der Waals surface area contributed by atoms with Gasteiger partial charge in [-0.3, -0.25) is 4.79 Å². The third kappa shape index (κ3) is 2.50. The Bertz CT molecular complexity index is 384. The Hall–Kier alpha value is -1.15. The molecule has 0 radical (unpaired) electrons. The van der Waals surface area contributed by atoms with Crippen molar-refractivity contribution in [2.45, 2.75) is 32.6 Å². The molecule has 0 bridgehead atoms. The number of fused-ring (bicyclic) bond motifs is 1. The molecule has 0 aromatic heterocycles. The summed E-state index contributed by atoms with van der Waals surface area (Å²) in [5, 5.41) is 3.38. The number of carbonyl (C=O) groups is 1. The van der Waals surface area contributed by atoms with Crippen LogP contribution in [0.25, 0.3) is 0 Å². The van der Waals surface area contributed by atoms with Crippen LogP contribution in [0.5, 0.6) is 0 Å². The minimum absolute atomic E-state index is 0.280. The van der Waals surface area contributed by atoms with Crippen molar-refractivity contribution in [3.8, 4) is 0 Å². The van der Waals surface area contributed by atoms with Crippen molar-refractivity contribution in [1.29, 1.82) is 0 Å². The fourth-order valence-corrected chi connectivity index (χ4v) is 2.22. The molecule has 1 aromatic carbocycles. The Labute approximate surface area is 97.1 Å². The predicted molar refractivity (Wildman–Crippen MR) is 66.0 cm³/mol. The van der Waals surface area contributed by atoms with Crippen molar-refractivity contribution in [2.75, 3.05) is 13.1 Å². The van der Waals surface area contributed by atoms with E-state index in [4.69, 9.17) is 0 Å². The van der Waals surface area contributed by atoms with Crippen LogP contribution in [0.3, 0.4) is 0 Å². The summed E-state index contributed by atoms with van der Waals surface area (Å²) in [6.45, 7) is 4.12. The van der Waals surface area contributed by atoms with Crippen molar-refractivity contribution in [3.63, 3.8) is 0 Å². The highest BCUT2D eigenvalue weighted by Crippen LogP contribution is 2.16. The molecule has 1 aliphatic heterocycles. The lowest BCUT2D eigenvalue weighted by Gasteiger charge is -2.07. The van der Waals surface area contributed by atoms with Gasteiger partial charge in [-0.05, 0) is 49.5 Å². The van der Waals surface area contributed by atoms with Gasteiger partial charge in [0.2, 0.25) is 0 Å². The normalized spacial score (nSPS) is 15.3. The zero-order valence-corrected chi connectivity index (χ0v) is 9.88. The van der Waals surface area contributed by atoms with E-state index in [9.17, 15) is 4.79 Å². The van der Waals surface area contributed by atoms with E-state index in [1.54, 1.807) is 0 Å². The molecule has 0 atom stereocenters. The molecule has 0 unspecified atom stereocenters. The number of hydrogen-bond donors (Lipinski definition) is 1. The fourth-order valence-electron chi connectivity index (χ4n) is 2.22. The van der Waals surface area contributed by atoms with Crippen LogP contribution in [0.4, 0.5) is 0 Å². The minimum Gasteiger partial charge on any atom is -0.316 e. The first-order chi connectivity index (χ1) is 7.81. The second-order valence-corrected chi connectivity index (χ2v) is 4.41. The molecule has 0 saturated heterocycles. The molecule has 1 heterocycles. The molecule has 2 rings (SSSR count). The van der Waals surface area contributed by atoms with Gasteiger partial charge in [-0.1, -0.05) is 19.1 Å². The van der Waals surface area contributed by atoms with E-state index in [1.165, 1.54) is 11.1 Å². The van der Waals surface area contributed by atoms with Gasteiger partial charge in [0.05, 0.1) is 0 Å². The molecule has 0 spiro atoms. The quantitative estimate of drug-likeness (QED) is 0.787. The Morgan fingerprint density at radius 3 is 2.75 bits per heavy atom. The van der Waals surface area contributed by atoms with Crippen LogP contribution in [0, 0.1) is 0 Å². The lowest BCUT2D eigenvalue weighted by Crippen LogP contribution is -2.16. The Morgan fingerprint density at radius 2 is 2.00 bits per heavy atom. The van der Waals surface area contributed by atoms with Crippen LogP contribution in [0.2, 0.25) is 0 Å². The second-order valence-electron chi connectivity index (χ2n) is 4.41. The maximum Gasteiger partial charge on any atom is 0.162 e. The van der Waals surface area contributed by atoms with Gasteiger partial charge in [0.15, 0.2) is 5.78 Å². The van der Waals surface area contributed by atoms with E-state index < -0.39 is 0 Å².